The highest BCUT2D eigenvalue weighted by molar-refractivity contribution is 5.48. The fraction of sp³-hybridized carbons (Fsp3) is 0.421. The molecule has 0 saturated carbocycles. The number of nitrogens with zero attached hydrogens (tertiary/aromatic N) is 3. The molecule has 1 aromatic carbocycles. The predicted molar refractivity (Wildman–Crippen MR) is 100 cm³/mol. The zero-order valence-electron chi connectivity index (χ0n) is 15.5. The minimum atomic E-state index is -0.495. The minimum Gasteiger partial charge on any atom is -0.490 e. The third kappa shape index (κ3) is 4.28. The van der Waals surface area contributed by atoms with Crippen LogP contribution in [0.2, 0.25) is 0 Å². The number of fused-ring (bicyclic) bond motifs is 1. The van der Waals surface area contributed by atoms with Gasteiger partial charge in [0.25, 0.3) is 11.2 Å². The molecule has 144 valence electrons. The molecule has 1 aliphatic heterocycles. The van der Waals surface area contributed by atoms with Gasteiger partial charge in [-0.2, -0.15) is 0 Å². The molecular weight excluding hydrogens is 350 g/mol. The minimum absolute atomic E-state index is 0.0907. The van der Waals surface area contributed by atoms with E-state index in [1.54, 1.807) is 0 Å². The summed E-state index contributed by atoms with van der Waals surface area (Å²) in [6.45, 7) is 6.67. The Hall–Kier alpha value is -2.87. The second-order valence-corrected chi connectivity index (χ2v) is 6.33. The Bertz CT molecular complexity index is 893. The van der Waals surface area contributed by atoms with E-state index in [0.29, 0.717) is 32.2 Å². The smallest absolute Gasteiger partial charge is 0.285 e. The molecule has 0 bridgehead atoms. The van der Waals surface area contributed by atoms with Gasteiger partial charge in [0.15, 0.2) is 11.5 Å². The maximum Gasteiger partial charge on any atom is 0.285 e. The van der Waals surface area contributed by atoms with Crippen molar-refractivity contribution in [1.29, 1.82) is 0 Å². The molecule has 0 N–H and O–H groups in total. The molecule has 2 heterocycles. The van der Waals surface area contributed by atoms with Crippen LogP contribution in [0.4, 0.5) is 5.69 Å². The van der Waals surface area contributed by atoms with E-state index in [1.165, 1.54) is 28.5 Å². The van der Waals surface area contributed by atoms with Gasteiger partial charge in [0, 0.05) is 25.2 Å². The van der Waals surface area contributed by atoms with Crippen molar-refractivity contribution in [1.82, 2.24) is 9.47 Å². The Morgan fingerprint density at radius 3 is 2.41 bits per heavy atom. The molecule has 1 aromatic heterocycles. The van der Waals surface area contributed by atoms with E-state index in [9.17, 15) is 14.9 Å². The van der Waals surface area contributed by atoms with Crippen molar-refractivity contribution in [2.45, 2.75) is 33.5 Å². The van der Waals surface area contributed by atoms with Crippen molar-refractivity contribution in [2.75, 3.05) is 19.8 Å². The van der Waals surface area contributed by atoms with Gasteiger partial charge in [-0.1, -0.05) is 0 Å². The lowest BCUT2D eigenvalue weighted by Gasteiger charge is -2.30. The average Bonchev–Trinajstić information content (AvgIpc) is 2.64. The van der Waals surface area contributed by atoms with Gasteiger partial charge in [-0.15, -0.1) is 0 Å². The fourth-order valence-corrected chi connectivity index (χ4v) is 3.23. The Morgan fingerprint density at radius 1 is 1.11 bits per heavy atom. The zero-order chi connectivity index (χ0) is 19.4. The van der Waals surface area contributed by atoms with Crippen molar-refractivity contribution in [3.05, 3.63) is 62.1 Å². The van der Waals surface area contributed by atoms with Gasteiger partial charge in [0.2, 0.25) is 0 Å². The number of benzene rings is 1. The normalized spacial score (nSPS) is 13.9. The Balaban J connectivity index is 1.82. The number of ether oxygens (including phenoxy) is 2. The van der Waals surface area contributed by atoms with Crippen molar-refractivity contribution < 1.29 is 14.4 Å². The van der Waals surface area contributed by atoms with E-state index in [0.717, 1.165) is 24.3 Å². The molecule has 0 saturated heterocycles. The van der Waals surface area contributed by atoms with E-state index in [2.05, 4.69) is 4.90 Å². The standard InChI is InChI=1S/C19H23N3O5/c1-3-26-17-9-14-7-8-20(11-15(14)10-18(17)27-4-2)13-21-12-16(22(24)25)5-6-19(21)23/h5-6,9-10,12H,3-4,7-8,11,13H2,1-2H3. The first kappa shape index (κ1) is 18.9. The Morgan fingerprint density at radius 2 is 1.78 bits per heavy atom. The first-order chi connectivity index (χ1) is 13.0. The van der Waals surface area contributed by atoms with Crippen LogP contribution in [0.25, 0.3) is 0 Å². The number of nitro groups is 1. The van der Waals surface area contributed by atoms with Gasteiger partial charge < -0.3 is 9.47 Å². The molecule has 0 fully saturated rings. The molecule has 0 spiro atoms. The van der Waals surface area contributed by atoms with E-state index in [-0.39, 0.29) is 11.2 Å². The quantitative estimate of drug-likeness (QED) is 0.548. The summed E-state index contributed by atoms with van der Waals surface area (Å²) in [5.74, 6) is 1.47. The second-order valence-electron chi connectivity index (χ2n) is 6.33. The van der Waals surface area contributed by atoms with Crippen molar-refractivity contribution in [3.8, 4) is 11.5 Å². The first-order valence-electron chi connectivity index (χ1n) is 9.00. The summed E-state index contributed by atoms with van der Waals surface area (Å²) in [5.41, 5.74) is 1.97. The highest BCUT2D eigenvalue weighted by Gasteiger charge is 2.20. The van der Waals surface area contributed by atoms with Crippen LogP contribution in [-0.2, 0) is 19.6 Å². The molecule has 0 aliphatic carbocycles. The molecule has 0 unspecified atom stereocenters. The summed E-state index contributed by atoms with van der Waals surface area (Å²) in [6.07, 6.45) is 2.10. The molecule has 27 heavy (non-hydrogen) atoms. The molecule has 8 nitrogen and oxygen atoms in total. The zero-order valence-corrected chi connectivity index (χ0v) is 15.5. The largest absolute Gasteiger partial charge is 0.490 e. The van der Waals surface area contributed by atoms with E-state index in [1.807, 2.05) is 26.0 Å². The monoisotopic (exact) mass is 373 g/mol. The van der Waals surface area contributed by atoms with Crippen LogP contribution in [0.1, 0.15) is 25.0 Å². The van der Waals surface area contributed by atoms with Gasteiger partial charge in [-0.05, 0) is 43.5 Å². The summed E-state index contributed by atoms with van der Waals surface area (Å²) < 4.78 is 12.8. The van der Waals surface area contributed by atoms with Crippen LogP contribution in [0, 0.1) is 10.1 Å². The maximum absolute atomic E-state index is 12.0. The molecule has 0 atom stereocenters. The summed E-state index contributed by atoms with van der Waals surface area (Å²) in [7, 11) is 0. The lowest BCUT2D eigenvalue weighted by atomic mass is 9.99. The van der Waals surface area contributed by atoms with Crippen LogP contribution in [0.3, 0.4) is 0 Å². The van der Waals surface area contributed by atoms with Crippen molar-refractivity contribution >= 4 is 5.69 Å². The second kappa shape index (κ2) is 8.22. The van der Waals surface area contributed by atoms with Gasteiger partial charge in [0.1, 0.15) is 0 Å². The highest BCUT2D eigenvalue weighted by atomic mass is 16.6. The van der Waals surface area contributed by atoms with Crippen LogP contribution in [0.15, 0.2) is 35.3 Å². The number of aromatic nitrogens is 1. The number of pyridine rings is 1. The van der Waals surface area contributed by atoms with E-state index in [4.69, 9.17) is 9.47 Å². The molecular formula is C19H23N3O5. The third-order valence-corrected chi connectivity index (χ3v) is 4.49. The van der Waals surface area contributed by atoms with Crippen LogP contribution < -0.4 is 15.0 Å². The van der Waals surface area contributed by atoms with E-state index >= 15 is 0 Å². The summed E-state index contributed by atoms with van der Waals surface area (Å²) >= 11 is 0. The molecule has 1 aliphatic rings. The Labute approximate surface area is 157 Å². The molecule has 0 radical (unpaired) electrons. The predicted octanol–water partition coefficient (Wildman–Crippen LogP) is 2.57. The molecule has 8 heteroatoms. The van der Waals surface area contributed by atoms with Gasteiger partial charge in [0.05, 0.1) is 31.0 Å². The topological polar surface area (TPSA) is 86.8 Å². The fourth-order valence-electron chi connectivity index (χ4n) is 3.23. The highest BCUT2D eigenvalue weighted by Crippen LogP contribution is 2.34. The van der Waals surface area contributed by atoms with Crippen LogP contribution >= 0.6 is 0 Å². The average molecular weight is 373 g/mol. The first-order valence-corrected chi connectivity index (χ1v) is 9.00. The summed E-state index contributed by atoms with van der Waals surface area (Å²) in [5, 5.41) is 11.0. The third-order valence-electron chi connectivity index (χ3n) is 4.49. The lowest BCUT2D eigenvalue weighted by Crippen LogP contribution is -2.35. The molecule has 2 aromatic rings. The van der Waals surface area contributed by atoms with Gasteiger partial charge >= 0.3 is 0 Å². The van der Waals surface area contributed by atoms with Crippen molar-refractivity contribution in [3.63, 3.8) is 0 Å². The van der Waals surface area contributed by atoms with E-state index < -0.39 is 4.92 Å². The number of hydrogen-bond acceptors (Lipinski definition) is 6. The maximum atomic E-state index is 12.0. The van der Waals surface area contributed by atoms with Crippen LogP contribution in [0.5, 0.6) is 11.5 Å². The van der Waals surface area contributed by atoms with Crippen molar-refractivity contribution in [2.24, 2.45) is 0 Å². The number of hydrogen-bond donors (Lipinski definition) is 0. The lowest BCUT2D eigenvalue weighted by molar-refractivity contribution is -0.385. The SMILES string of the molecule is CCOc1cc2c(cc1OCC)CN(Cn1cc([N+](=O)[O-])ccc1=O)CC2. The van der Waals surface area contributed by atoms with Gasteiger partial charge in [-0.3, -0.25) is 24.4 Å². The van der Waals surface area contributed by atoms with Gasteiger partial charge in [-0.25, -0.2) is 0 Å². The summed E-state index contributed by atoms with van der Waals surface area (Å²) in [4.78, 5) is 24.6. The molecule has 0 amide bonds. The number of rotatable bonds is 7. The van der Waals surface area contributed by atoms with Crippen LogP contribution in [-0.4, -0.2) is 34.1 Å². The Kier molecular flexibility index (Phi) is 5.75. The summed E-state index contributed by atoms with van der Waals surface area (Å²) in [6, 6.07) is 6.48. The molecule has 3 rings (SSSR count).